The first-order valence-corrected chi connectivity index (χ1v) is 12.0. The standard InChI is InChI=1S/C29H26F3NO6/c1-4-25(28(35)36)38-21-7-5-6-18(14-21)16-33-17(2)26(27(34)19-8-10-20(37-3)11-9-19)23-13-12-22(15-24(23)33)39-29(30,31)32/h5-15,25H,4,16H2,1-3H3,(H,35,36)/p-1. The topological polar surface area (TPSA) is 89.8 Å². The summed E-state index contributed by atoms with van der Waals surface area (Å²) in [6, 6.07) is 17.1. The molecule has 0 spiro atoms. The van der Waals surface area contributed by atoms with Crippen LogP contribution in [0.1, 0.15) is 40.5 Å². The Balaban J connectivity index is 1.79. The van der Waals surface area contributed by atoms with Gasteiger partial charge in [0.2, 0.25) is 0 Å². The van der Waals surface area contributed by atoms with Gasteiger partial charge < -0.3 is 28.7 Å². The highest BCUT2D eigenvalue weighted by Crippen LogP contribution is 2.34. The molecular formula is C29H25F3NO6-. The fourth-order valence-electron chi connectivity index (χ4n) is 4.39. The minimum Gasteiger partial charge on any atom is -0.546 e. The molecular weight excluding hydrogens is 515 g/mol. The number of carbonyl (C=O) groups excluding carboxylic acids is 2. The summed E-state index contributed by atoms with van der Waals surface area (Å²) in [5.74, 6) is -1.19. The summed E-state index contributed by atoms with van der Waals surface area (Å²) in [6.07, 6.45) is -5.82. The molecule has 10 heteroatoms. The fraction of sp³-hybridized carbons (Fsp3) is 0.241. The molecule has 4 aromatic rings. The van der Waals surface area contributed by atoms with Gasteiger partial charge in [-0.3, -0.25) is 4.79 Å². The molecule has 7 nitrogen and oxygen atoms in total. The van der Waals surface area contributed by atoms with Crippen LogP contribution in [0, 0.1) is 6.92 Å². The lowest BCUT2D eigenvalue weighted by Gasteiger charge is -2.19. The summed E-state index contributed by atoms with van der Waals surface area (Å²) in [7, 11) is 1.51. The van der Waals surface area contributed by atoms with Crippen molar-refractivity contribution >= 4 is 22.7 Å². The number of carbonyl (C=O) groups is 2. The van der Waals surface area contributed by atoms with Crippen molar-refractivity contribution in [1.82, 2.24) is 4.57 Å². The van der Waals surface area contributed by atoms with E-state index < -0.39 is 24.2 Å². The molecule has 0 amide bonds. The predicted molar refractivity (Wildman–Crippen MR) is 135 cm³/mol. The van der Waals surface area contributed by atoms with Crippen molar-refractivity contribution in [2.45, 2.75) is 39.3 Å². The Kier molecular flexibility index (Phi) is 7.85. The molecule has 1 aromatic heterocycles. The third-order valence-corrected chi connectivity index (χ3v) is 6.26. The van der Waals surface area contributed by atoms with Crippen molar-refractivity contribution in [1.29, 1.82) is 0 Å². The van der Waals surface area contributed by atoms with Crippen LogP contribution < -0.4 is 19.3 Å². The third kappa shape index (κ3) is 6.17. The van der Waals surface area contributed by atoms with Crippen molar-refractivity contribution in [3.8, 4) is 17.2 Å². The van der Waals surface area contributed by atoms with Gasteiger partial charge in [0.05, 0.1) is 24.2 Å². The number of rotatable bonds is 10. The Hall–Kier alpha value is -4.47. The summed E-state index contributed by atoms with van der Waals surface area (Å²) in [4.78, 5) is 24.9. The van der Waals surface area contributed by atoms with E-state index in [4.69, 9.17) is 9.47 Å². The predicted octanol–water partition coefficient (Wildman–Crippen LogP) is 5.04. The fourth-order valence-corrected chi connectivity index (χ4v) is 4.39. The molecule has 1 atom stereocenters. The highest BCUT2D eigenvalue weighted by atomic mass is 19.4. The molecule has 1 unspecified atom stereocenters. The molecule has 0 fully saturated rings. The van der Waals surface area contributed by atoms with Gasteiger partial charge in [0.1, 0.15) is 23.4 Å². The van der Waals surface area contributed by atoms with Crippen LogP contribution in [-0.2, 0) is 11.3 Å². The van der Waals surface area contributed by atoms with Crippen LogP contribution in [-0.4, -0.2) is 35.9 Å². The number of ketones is 1. The van der Waals surface area contributed by atoms with Gasteiger partial charge in [-0.05, 0) is 67.4 Å². The number of carboxylic acid groups (broad SMARTS) is 1. The van der Waals surface area contributed by atoms with Gasteiger partial charge >= 0.3 is 6.36 Å². The van der Waals surface area contributed by atoms with E-state index in [1.165, 1.54) is 25.3 Å². The summed E-state index contributed by atoms with van der Waals surface area (Å²) in [5.41, 5.74) is 2.29. The molecule has 0 aliphatic heterocycles. The number of aromatic nitrogens is 1. The first-order chi connectivity index (χ1) is 18.5. The number of methoxy groups -OCH3 is 1. The molecule has 3 aromatic carbocycles. The Morgan fingerprint density at radius 3 is 2.28 bits per heavy atom. The number of aliphatic carboxylic acids is 1. The van der Waals surface area contributed by atoms with Gasteiger partial charge in [-0.2, -0.15) is 0 Å². The van der Waals surface area contributed by atoms with Crippen LogP contribution in [0.15, 0.2) is 66.7 Å². The number of carboxylic acids is 1. The molecule has 0 radical (unpaired) electrons. The summed E-state index contributed by atoms with van der Waals surface area (Å²) in [5, 5.41) is 11.7. The number of fused-ring (bicyclic) bond motifs is 1. The van der Waals surface area contributed by atoms with Crippen LogP contribution in [0.5, 0.6) is 17.2 Å². The zero-order valence-corrected chi connectivity index (χ0v) is 21.4. The molecule has 1 heterocycles. The van der Waals surface area contributed by atoms with Crippen LogP contribution in [0.4, 0.5) is 13.2 Å². The Morgan fingerprint density at radius 2 is 1.67 bits per heavy atom. The Morgan fingerprint density at radius 1 is 0.974 bits per heavy atom. The molecule has 0 saturated heterocycles. The number of halogens is 3. The molecule has 0 aliphatic rings. The number of ether oxygens (including phenoxy) is 3. The monoisotopic (exact) mass is 540 g/mol. The smallest absolute Gasteiger partial charge is 0.546 e. The minimum atomic E-state index is -4.89. The quantitative estimate of drug-likeness (QED) is 0.262. The van der Waals surface area contributed by atoms with Crippen LogP contribution in [0.25, 0.3) is 10.9 Å². The summed E-state index contributed by atoms with van der Waals surface area (Å²) < 4.78 is 55.4. The third-order valence-electron chi connectivity index (χ3n) is 6.26. The molecule has 204 valence electrons. The first-order valence-electron chi connectivity index (χ1n) is 12.0. The van der Waals surface area contributed by atoms with Crippen molar-refractivity contribution in [3.63, 3.8) is 0 Å². The lowest BCUT2D eigenvalue weighted by molar-refractivity contribution is -0.313. The summed E-state index contributed by atoms with van der Waals surface area (Å²) in [6.45, 7) is 3.53. The number of hydrogen-bond donors (Lipinski definition) is 0. The van der Waals surface area contributed by atoms with E-state index in [1.54, 1.807) is 66.9 Å². The van der Waals surface area contributed by atoms with Gasteiger partial charge in [-0.25, -0.2) is 0 Å². The second kappa shape index (κ2) is 11.1. The number of nitrogens with zero attached hydrogens (tertiary/aromatic N) is 1. The highest BCUT2D eigenvalue weighted by molar-refractivity contribution is 6.17. The molecule has 0 N–H and O–H groups in total. The average molecular weight is 541 g/mol. The average Bonchev–Trinajstić information content (AvgIpc) is 3.16. The molecule has 4 rings (SSSR count). The van der Waals surface area contributed by atoms with Gasteiger partial charge in [0.25, 0.3) is 0 Å². The van der Waals surface area contributed by atoms with Crippen LogP contribution in [0.2, 0.25) is 0 Å². The van der Waals surface area contributed by atoms with E-state index in [-0.39, 0.29) is 18.7 Å². The first kappa shape index (κ1) is 27.6. The number of hydrogen-bond acceptors (Lipinski definition) is 6. The second-order valence-electron chi connectivity index (χ2n) is 8.81. The molecule has 0 aliphatic carbocycles. The minimum absolute atomic E-state index is 0.160. The van der Waals surface area contributed by atoms with E-state index in [2.05, 4.69) is 4.74 Å². The van der Waals surface area contributed by atoms with Gasteiger partial charge in [-0.15, -0.1) is 13.2 Å². The van der Waals surface area contributed by atoms with Crippen LogP contribution >= 0.6 is 0 Å². The zero-order valence-electron chi connectivity index (χ0n) is 21.4. The van der Waals surface area contributed by atoms with E-state index in [0.29, 0.717) is 44.8 Å². The lowest BCUT2D eigenvalue weighted by Crippen LogP contribution is -2.39. The SMILES string of the molecule is CCC(Oc1cccc(Cn2c(C)c(C(=O)c3ccc(OC)cc3)c3ccc(OC(F)(F)F)cc32)c1)C(=O)[O-]. The Labute approximate surface area is 222 Å². The number of alkyl halides is 3. The van der Waals surface area contributed by atoms with Gasteiger partial charge in [0, 0.05) is 29.3 Å². The van der Waals surface area contributed by atoms with Crippen molar-refractivity contribution in [3.05, 3.63) is 89.1 Å². The maximum absolute atomic E-state index is 13.6. The maximum Gasteiger partial charge on any atom is 0.573 e. The number of benzene rings is 3. The second-order valence-corrected chi connectivity index (χ2v) is 8.81. The molecule has 39 heavy (non-hydrogen) atoms. The largest absolute Gasteiger partial charge is 0.573 e. The van der Waals surface area contributed by atoms with E-state index >= 15 is 0 Å². The van der Waals surface area contributed by atoms with Gasteiger partial charge in [-0.1, -0.05) is 19.1 Å². The maximum atomic E-state index is 13.6. The van der Waals surface area contributed by atoms with Gasteiger partial charge in [0.15, 0.2) is 5.78 Å². The lowest BCUT2D eigenvalue weighted by atomic mass is 10.0. The Bertz CT molecular complexity index is 1510. The summed E-state index contributed by atoms with van der Waals surface area (Å²) >= 11 is 0. The van der Waals surface area contributed by atoms with E-state index in [0.717, 1.165) is 0 Å². The zero-order chi connectivity index (χ0) is 28.3. The normalized spacial score (nSPS) is 12.3. The van der Waals surface area contributed by atoms with E-state index in [9.17, 15) is 27.9 Å². The van der Waals surface area contributed by atoms with Crippen LogP contribution in [0.3, 0.4) is 0 Å². The molecule has 0 saturated carbocycles. The van der Waals surface area contributed by atoms with Crippen molar-refractivity contribution in [2.24, 2.45) is 0 Å². The van der Waals surface area contributed by atoms with Crippen molar-refractivity contribution < 1.29 is 42.1 Å². The molecule has 0 bridgehead atoms. The highest BCUT2D eigenvalue weighted by Gasteiger charge is 2.32. The van der Waals surface area contributed by atoms with Crippen molar-refractivity contribution in [2.75, 3.05) is 7.11 Å². The van der Waals surface area contributed by atoms with E-state index in [1.807, 2.05) is 0 Å².